The van der Waals surface area contributed by atoms with Gasteiger partial charge in [-0.3, -0.25) is 4.99 Å². The molecule has 1 aromatic carbocycles. The largest absolute Gasteiger partial charge is 0.352 e. The highest BCUT2D eigenvalue weighted by Crippen LogP contribution is 2.29. The topological polar surface area (TPSA) is 21.6 Å². The van der Waals surface area contributed by atoms with Gasteiger partial charge in [-0.1, -0.05) is 24.3 Å². The van der Waals surface area contributed by atoms with Gasteiger partial charge < -0.3 is 4.74 Å². The van der Waals surface area contributed by atoms with Crippen LogP contribution in [0.25, 0.3) is 0 Å². The number of fused-ring (bicyclic) bond motifs is 1. The zero-order valence-corrected chi connectivity index (χ0v) is 7.95. The van der Waals surface area contributed by atoms with E-state index in [1.165, 1.54) is 11.1 Å². The molecule has 1 heterocycles. The summed E-state index contributed by atoms with van der Waals surface area (Å²) in [7, 11) is 0. The van der Waals surface area contributed by atoms with E-state index >= 15 is 0 Å². The molecule has 1 unspecified atom stereocenters. The van der Waals surface area contributed by atoms with Crippen molar-refractivity contribution < 1.29 is 4.74 Å². The first kappa shape index (κ1) is 8.45. The minimum atomic E-state index is -0.0683. The molecule has 68 valence electrons. The number of rotatable bonds is 2. The SMILES string of the molecule is CCOC1N=C(C)c2ccccc21. The fourth-order valence-electron chi connectivity index (χ4n) is 1.64. The highest BCUT2D eigenvalue weighted by molar-refractivity contribution is 6.02. The Hall–Kier alpha value is -1.15. The second-order valence-corrected chi connectivity index (χ2v) is 3.11. The summed E-state index contributed by atoms with van der Waals surface area (Å²) in [6.45, 7) is 4.72. The Labute approximate surface area is 78.3 Å². The second-order valence-electron chi connectivity index (χ2n) is 3.11. The molecule has 0 bridgehead atoms. The van der Waals surface area contributed by atoms with E-state index in [0.717, 1.165) is 5.71 Å². The monoisotopic (exact) mass is 175 g/mol. The van der Waals surface area contributed by atoms with Crippen LogP contribution in [0.1, 0.15) is 31.2 Å². The molecular formula is C11H13NO. The summed E-state index contributed by atoms with van der Waals surface area (Å²) in [6.07, 6.45) is -0.0683. The zero-order chi connectivity index (χ0) is 9.26. The number of ether oxygens (including phenoxy) is 1. The predicted molar refractivity (Wildman–Crippen MR) is 53.0 cm³/mol. The van der Waals surface area contributed by atoms with Gasteiger partial charge in [-0.2, -0.15) is 0 Å². The molecule has 1 aliphatic rings. The van der Waals surface area contributed by atoms with E-state index in [2.05, 4.69) is 17.1 Å². The molecule has 13 heavy (non-hydrogen) atoms. The van der Waals surface area contributed by atoms with E-state index in [9.17, 15) is 0 Å². The van der Waals surface area contributed by atoms with E-state index in [1.54, 1.807) is 0 Å². The van der Waals surface area contributed by atoms with Crippen LogP contribution in [-0.4, -0.2) is 12.3 Å². The lowest BCUT2D eigenvalue weighted by atomic mass is 10.1. The summed E-state index contributed by atoms with van der Waals surface area (Å²) in [5.74, 6) is 0. The molecule has 0 spiro atoms. The average molecular weight is 175 g/mol. The Morgan fingerprint density at radius 3 is 2.92 bits per heavy atom. The zero-order valence-electron chi connectivity index (χ0n) is 7.95. The lowest BCUT2D eigenvalue weighted by Gasteiger charge is -2.08. The number of hydrogen-bond donors (Lipinski definition) is 0. The summed E-state index contributed by atoms with van der Waals surface area (Å²) in [4.78, 5) is 4.44. The molecule has 1 atom stereocenters. The molecule has 0 radical (unpaired) electrons. The van der Waals surface area contributed by atoms with Gasteiger partial charge >= 0.3 is 0 Å². The van der Waals surface area contributed by atoms with Crippen molar-refractivity contribution in [1.29, 1.82) is 0 Å². The normalized spacial score (nSPS) is 19.8. The smallest absolute Gasteiger partial charge is 0.175 e. The van der Waals surface area contributed by atoms with Crippen molar-refractivity contribution in [3.8, 4) is 0 Å². The molecule has 2 nitrogen and oxygen atoms in total. The molecule has 0 fully saturated rings. The van der Waals surface area contributed by atoms with Gasteiger partial charge in [0.1, 0.15) is 0 Å². The van der Waals surface area contributed by atoms with Gasteiger partial charge in [0.15, 0.2) is 6.23 Å². The van der Waals surface area contributed by atoms with Gasteiger partial charge in [-0.05, 0) is 13.8 Å². The molecule has 1 aromatic rings. The number of nitrogens with zero attached hydrogens (tertiary/aromatic N) is 1. The maximum absolute atomic E-state index is 5.51. The molecule has 0 amide bonds. The summed E-state index contributed by atoms with van der Waals surface area (Å²) in [5, 5.41) is 0. The summed E-state index contributed by atoms with van der Waals surface area (Å²) < 4.78 is 5.51. The quantitative estimate of drug-likeness (QED) is 0.676. The van der Waals surface area contributed by atoms with Crippen LogP contribution in [0.15, 0.2) is 29.3 Å². The van der Waals surface area contributed by atoms with Crippen molar-refractivity contribution in [3.63, 3.8) is 0 Å². The number of benzene rings is 1. The lowest BCUT2D eigenvalue weighted by molar-refractivity contribution is 0.0718. The molecule has 0 saturated carbocycles. The first-order valence-electron chi connectivity index (χ1n) is 4.58. The first-order valence-corrected chi connectivity index (χ1v) is 4.58. The van der Waals surface area contributed by atoms with Crippen LogP contribution in [0, 0.1) is 0 Å². The Kier molecular flexibility index (Phi) is 2.15. The summed E-state index contributed by atoms with van der Waals surface area (Å²) in [5.41, 5.74) is 3.50. The standard InChI is InChI=1S/C11H13NO/c1-3-13-11-10-7-5-4-6-9(10)8(2)12-11/h4-7,11H,3H2,1-2H3. The third kappa shape index (κ3) is 1.38. The Balaban J connectivity index is 2.38. The minimum absolute atomic E-state index is 0.0683. The highest BCUT2D eigenvalue weighted by Gasteiger charge is 2.21. The Bertz CT molecular complexity index is 344. The molecule has 0 aliphatic carbocycles. The predicted octanol–water partition coefficient (Wildman–Crippen LogP) is 2.54. The Morgan fingerprint density at radius 2 is 2.15 bits per heavy atom. The number of hydrogen-bond acceptors (Lipinski definition) is 2. The minimum Gasteiger partial charge on any atom is -0.352 e. The van der Waals surface area contributed by atoms with Crippen molar-refractivity contribution >= 4 is 5.71 Å². The fourth-order valence-corrected chi connectivity index (χ4v) is 1.64. The third-order valence-corrected chi connectivity index (χ3v) is 2.25. The van der Waals surface area contributed by atoms with Crippen molar-refractivity contribution in [1.82, 2.24) is 0 Å². The van der Waals surface area contributed by atoms with E-state index in [-0.39, 0.29) is 6.23 Å². The van der Waals surface area contributed by atoms with Gasteiger partial charge in [0.05, 0.1) is 0 Å². The third-order valence-electron chi connectivity index (χ3n) is 2.25. The molecule has 1 aliphatic heterocycles. The van der Waals surface area contributed by atoms with Gasteiger partial charge in [-0.25, -0.2) is 0 Å². The molecule has 2 rings (SSSR count). The van der Waals surface area contributed by atoms with Crippen LogP contribution in [0.4, 0.5) is 0 Å². The molecule has 2 heteroatoms. The van der Waals surface area contributed by atoms with Crippen LogP contribution >= 0.6 is 0 Å². The van der Waals surface area contributed by atoms with Crippen molar-refractivity contribution in [2.24, 2.45) is 4.99 Å². The van der Waals surface area contributed by atoms with E-state index in [0.29, 0.717) is 6.61 Å². The molecular weight excluding hydrogens is 162 g/mol. The molecule has 0 saturated heterocycles. The van der Waals surface area contributed by atoms with Gasteiger partial charge in [0.25, 0.3) is 0 Å². The summed E-state index contributed by atoms with van der Waals surface area (Å²) in [6, 6.07) is 8.23. The average Bonchev–Trinajstić information content (AvgIpc) is 2.46. The summed E-state index contributed by atoms with van der Waals surface area (Å²) >= 11 is 0. The van der Waals surface area contributed by atoms with Crippen LogP contribution in [-0.2, 0) is 4.74 Å². The molecule has 0 aromatic heterocycles. The van der Waals surface area contributed by atoms with Gasteiger partial charge in [0.2, 0.25) is 0 Å². The van der Waals surface area contributed by atoms with Crippen LogP contribution in [0.3, 0.4) is 0 Å². The van der Waals surface area contributed by atoms with Crippen LogP contribution in [0.2, 0.25) is 0 Å². The van der Waals surface area contributed by atoms with Crippen molar-refractivity contribution in [3.05, 3.63) is 35.4 Å². The van der Waals surface area contributed by atoms with E-state index in [4.69, 9.17) is 4.74 Å². The van der Waals surface area contributed by atoms with Crippen molar-refractivity contribution in [2.45, 2.75) is 20.1 Å². The Morgan fingerprint density at radius 1 is 1.38 bits per heavy atom. The first-order chi connectivity index (χ1) is 6.33. The van der Waals surface area contributed by atoms with Gasteiger partial charge in [0, 0.05) is 23.4 Å². The molecule has 0 N–H and O–H groups in total. The highest BCUT2D eigenvalue weighted by atomic mass is 16.5. The maximum Gasteiger partial charge on any atom is 0.175 e. The van der Waals surface area contributed by atoms with Gasteiger partial charge in [-0.15, -0.1) is 0 Å². The van der Waals surface area contributed by atoms with E-state index < -0.39 is 0 Å². The fraction of sp³-hybridized carbons (Fsp3) is 0.364. The number of aliphatic imine (C=N–C) groups is 1. The van der Waals surface area contributed by atoms with Crippen molar-refractivity contribution in [2.75, 3.05) is 6.61 Å². The maximum atomic E-state index is 5.51. The second kappa shape index (κ2) is 3.30. The van der Waals surface area contributed by atoms with E-state index in [1.807, 2.05) is 26.0 Å². The van der Waals surface area contributed by atoms with Crippen LogP contribution in [0.5, 0.6) is 0 Å². The van der Waals surface area contributed by atoms with Crippen LogP contribution < -0.4 is 0 Å². The lowest BCUT2D eigenvalue weighted by Crippen LogP contribution is -1.98.